The third-order valence-corrected chi connectivity index (χ3v) is 5.00. The van der Waals surface area contributed by atoms with Gasteiger partial charge in [0.1, 0.15) is 5.84 Å². The van der Waals surface area contributed by atoms with Crippen molar-refractivity contribution in [3.8, 4) is 0 Å². The van der Waals surface area contributed by atoms with E-state index in [2.05, 4.69) is 52.0 Å². The zero-order valence-corrected chi connectivity index (χ0v) is 16.7. The van der Waals surface area contributed by atoms with Gasteiger partial charge in [0, 0.05) is 17.8 Å². The predicted octanol–water partition coefficient (Wildman–Crippen LogP) is 3.54. The molecule has 30 heavy (non-hydrogen) atoms. The highest BCUT2D eigenvalue weighted by atomic mass is 16.2. The molecule has 0 saturated carbocycles. The highest BCUT2D eigenvalue weighted by Gasteiger charge is 2.14. The second kappa shape index (κ2) is 9.24. The number of nitrogens with two attached hydrogens (primary N) is 1. The number of anilines is 1. The largest absolute Gasteiger partial charge is 0.334 e. The van der Waals surface area contributed by atoms with E-state index >= 15 is 0 Å². The lowest BCUT2D eigenvalue weighted by Crippen LogP contribution is -2.34. The molecule has 0 spiro atoms. The molecule has 3 aromatic rings. The summed E-state index contributed by atoms with van der Waals surface area (Å²) >= 11 is 0. The van der Waals surface area contributed by atoms with Gasteiger partial charge in [-0.3, -0.25) is 10.0 Å². The number of urea groups is 1. The van der Waals surface area contributed by atoms with Crippen molar-refractivity contribution in [2.45, 2.75) is 13.0 Å². The molecule has 0 aromatic heterocycles. The van der Waals surface area contributed by atoms with Crippen molar-refractivity contribution in [1.29, 1.82) is 0 Å². The molecule has 3 aromatic carbocycles. The Morgan fingerprint density at radius 1 is 0.900 bits per heavy atom. The van der Waals surface area contributed by atoms with Crippen LogP contribution in [0.25, 0.3) is 0 Å². The van der Waals surface area contributed by atoms with Gasteiger partial charge in [0.15, 0.2) is 0 Å². The predicted molar refractivity (Wildman–Crippen MR) is 120 cm³/mol. The molecule has 6 nitrogen and oxygen atoms in total. The summed E-state index contributed by atoms with van der Waals surface area (Å²) in [6, 6.07) is 25.9. The van der Waals surface area contributed by atoms with Crippen LogP contribution >= 0.6 is 0 Å². The molecule has 0 bridgehead atoms. The Hall–Kier alpha value is -3.64. The number of nitrogens with zero attached hydrogens (tertiary/aromatic N) is 2. The first-order valence-electron chi connectivity index (χ1n) is 10.0. The number of amidine groups is 1. The summed E-state index contributed by atoms with van der Waals surface area (Å²) in [4.78, 5) is 16.4. The highest BCUT2D eigenvalue weighted by Crippen LogP contribution is 2.14. The number of para-hydroxylation sites is 1. The number of hydrogen-bond donors (Lipinski definition) is 3. The van der Waals surface area contributed by atoms with Crippen LogP contribution in [-0.4, -0.2) is 30.0 Å². The zero-order valence-electron chi connectivity index (χ0n) is 16.7. The lowest BCUT2D eigenvalue weighted by molar-refractivity contribution is 0.251. The molecule has 4 N–H and O–H groups in total. The van der Waals surface area contributed by atoms with Crippen LogP contribution in [0.1, 0.15) is 22.3 Å². The number of carbonyl (C=O) groups is 1. The van der Waals surface area contributed by atoms with Gasteiger partial charge in [-0.1, -0.05) is 66.7 Å². The Morgan fingerprint density at radius 3 is 2.17 bits per heavy atom. The fraction of sp³-hybridized carbons (Fsp3) is 0.167. The van der Waals surface area contributed by atoms with Crippen molar-refractivity contribution in [3.05, 3.63) is 101 Å². The quantitative estimate of drug-likeness (QED) is 0.555. The van der Waals surface area contributed by atoms with E-state index in [9.17, 15) is 4.79 Å². The summed E-state index contributed by atoms with van der Waals surface area (Å²) in [7, 11) is 0. The maximum absolute atomic E-state index is 12.0. The van der Waals surface area contributed by atoms with Crippen molar-refractivity contribution in [2.24, 2.45) is 10.8 Å². The number of carbonyl (C=O) groups excluding carboxylic acids is 1. The normalized spacial score (nSPS) is 13.1. The maximum atomic E-state index is 12.0. The number of amides is 2. The molecule has 6 heteroatoms. The fourth-order valence-electron chi connectivity index (χ4n) is 3.38. The van der Waals surface area contributed by atoms with Gasteiger partial charge < -0.3 is 10.6 Å². The van der Waals surface area contributed by atoms with Gasteiger partial charge in [0.25, 0.3) is 0 Å². The minimum absolute atomic E-state index is 0.215. The van der Waals surface area contributed by atoms with Crippen LogP contribution in [0, 0.1) is 0 Å². The van der Waals surface area contributed by atoms with Gasteiger partial charge in [-0.15, -0.1) is 0 Å². The Bertz CT molecular complexity index is 1010. The van der Waals surface area contributed by atoms with Crippen LogP contribution in [0.4, 0.5) is 10.5 Å². The molecule has 0 radical (unpaired) electrons. The first-order valence-corrected chi connectivity index (χ1v) is 10.0. The van der Waals surface area contributed by atoms with Crippen molar-refractivity contribution in [3.63, 3.8) is 0 Å². The van der Waals surface area contributed by atoms with Crippen molar-refractivity contribution in [2.75, 3.05) is 18.4 Å². The molecular formula is C24H25N5O. The van der Waals surface area contributed by atoms with Crippen LogP contribution in [-0.2, 0) is 13.0 Å². The number of hydrazine groups is 1. The molecule has 0 saturated heterocycles. The van der Waals surface area contributed by atoms with E-state index < -0.39 is 0 Å². The molecule has 1 heterocycles. The Morgan fingerprint density at radius 2 is 1.53 bits per heavy atom. The first-order chi connectivity index (χ1) is 14.7. The number of hydrogen-bond acceptors (Lipinski definition) is 4. The number of rotatable bonds is 6. The minimum Gasteiger partial charge on any atom is -0.334 e. The summed E-state index contributed by atoms with van der Waals surface area (Å²) in [6.45, 7) is 2.00. The summed E-state index contributed by atoms with van der Waals surface area (Å²) in [5, 5.41) is 7.39. The Balaban J connectivity index is 1.29. The molecule has 4 rings (SSSR count). The molecule has 1 aliphatic heterocycles. The second-order valence-electron chi connectivity index (χ2n) is 7.26. The zero-order chi connectivity index (χ0) is 20.8. The molecule has 0 atom stereocenters. The highest BCUT2D eigenvalue weighted by molar-refractivity contribution is 5.99. The molecule has 1 aliphatic rings. The first kappa shape index (κ1) is 19.7. The number of aliphatic imine (C=N–C) groups is 1. The summed E-state index contributed by atoms with van der Waals surface area (Å²) < 4.78 is 0. The SMILES string of the molecule is NN1CCN=C1c1ccc(Cc2ccc(CNC(=O)Nc3ccccc3)cc2)cc1. The molecule has 0 fully saturated rings. The van der Waals surface area contributed by atoms with E-state index in [1.807, 2.05) is 42.5 Å². The van der Waals surface area contributed by atoms with Gasteiger partial charge in [0.05, 0.1) is 13.1 Å². The topological polar surface area (TPSA) is 82.8 Å². The third-order valence-electron chi connectivity index (χ3n) is 5.00. The molecule has 2 amide bonds. The third kappa shape index (κ3) is 5.04. The van der Waals surface area contributed by atoms with Crippen LogP contribution < -0.4 is 16.5 Å². The van der Waals surface area contributed by atoms with E-state index in [0.717, 1.165) is 42.2 Å². The average molecular weight is 399 g/mol. The lowest BCUT2D eigenvalue weighted by Gasteiger charge is -2.13. The van der Waals surface area contributed by atoms with Crippen LogP contribution in [0.15, 0.2) is 83.9 Å². The average Bonchev–Trinajstić information content (AvgIpc) is 3.20. The summed E-state index contributed by atoms with van der Waals surface area (Å²) in [6.07, 6.45) is 0.849. The Labute approximate surface area is 176 Å². The summed E-state index contributed by atoms with van der Waals surface area (Å²) in [5.41, 5.74) is 5.33. The van der Waals surface area contributed by atoms with Gasteiger partial charge in [-0.2, -0.15) is 0 Å². The van der Waals surface area contributed by atoms with Crippen LogP contribution in [0.3, 0.4) is 0 Å². The van der Waals surface area contributed by atoms with Crippen molar-refractivity contribution in [1.82, 2.24) is 10.3 Å². The molecule has 152 valence electrons. The Kier molecular flexibility index (Phi) is 6.06. The molecule has 0 unspecified atom stereocenters. The van der Waals surface area contributed by atoms with Crippen molar-refractivity contribution >= 4 is 17.6 Å². The fourth-order valence-corrected chi connectivity index (χ4v) is 3.38. The van der Waals surface area contributed by atoms with Crippen molar-refractivity contribution < 1.29 is 4.79 Å². The number of nitrogens with one attached hydrogen (secondary N) is 2. The summed E-state index contributed by atoms with van der Waals surface area (Å²) in [5.74, 6) is 6.80. The van der Waals surface area contributed by atoms with Crippen LogP contribution in [0.5, 0.6) is 0 Å². The number of benzene rings is 3. The maximum Gasteiger partial charge on any atom is 0.319 e. The van der Waals surface area contributed by atoms with E-state index in [1.165, 1.54) is 11.1 Å². The van der Waals surface area contributed by atoms with Gasteiger partial charge in [-0.25, -0.2) is 10.6 Å². The standard InChI is InChI=1S/C24H25N5O/c25-29-15-14-26-23(29)21-12-10-19(11-13-21)16-18-6-8-20(9-7-18)17-27-24(30)28-22-4-2-1-3-5-22/h1-13H,14-17,25H2,(H2,27,28,30). The van der Waals surface area contributed by atoms with E-state index in [4.69, 9.17) is 5.84 Å². The molecule has 0 aliphatic carbocycles. The minimum atomic E-state index is -0.215. The van der Waals surface area contributed by atoms with E-state index in [0.29, 0.717) is 6.54 Å². The monoisotopic (exact) mass is 399 g/mol. The van der Waals surface area contributed by atoms with Gasteiger partial charge in [0.2, 0.25) is 0 Å². The lowest BCUT2D eigenvalue weighted by atomic mass is 10.0. The van der Waals surface area contributed by atoms with Crippen LogP contribution in [0.2, 0.25) is 0 Å². The van der Waals surface area contributed by atoms with Gasteiger partial charge in [-0.05, 0) is 35.2 Å². The second-order valence-corrected chi connectivity index (χ2v) is 7.26. The van der Waals surface area contributed by atoms with E-state index in [1.54, 1.807) is 5.01 Å². The van der Waals surface area contributed by atoms with E-state index in [-0.39, 0.29) is 6.03 Å². The smallest absolute Gasteiger partial charge is 0.319 e. The van der Waals surface area contributed by atoms with Gasteiger partial charge >= 0.3 is 6.03 Å². The molecular weight excluding hydrogens is 374 g/mol.